The normalized spacial score (nSPS) is 30.7. The van der Waals surface area contributed by atoms with Crippen LogP contribution < -0.4 is 10.6 Å². The predicted molar refractivity (Wildman–Crippen MR) is 116 cm³/mol. The molecular formula is C22H26N2O7S. The molecule has 32 heavy (non-hydrogen) atoms. The number of nitrogens with one attached hydrogen (secondary N) is 2. The monoisotopic (exact) mass is 462 g/mol. The SMILES string of the molecule is C[C@@](O)(CO)[C@H](O)[C@@]12NC(=O)[C@@](O)(NC1=O)C(CSc1ccc3ccccc3c1)CCO2. The molecule has 2 aromatic rings. The highest BCUT2D eigenvalue weighted by Gasteiger charge is 2.64. The summed E-state index contributed by atoms with van der Waals surface area (Å²) < 4.78 is 5.59. The molecule has 6 N–H and O–H groups in total. The molecule has 3 saturated heterocycles. The first kappa shape index (κ1) is 23.0. The highest BCUT2D eigenvalue weighted by atomic mass is 32.2. The molecule has 0 saturated carbocycles. The number of aliphatic hydroxyl groups is 4. The van der Waals surface area contributed by atoms with E-state index in [9.17, 15) is 30.0 Å². The Labute approximate surface area is 188 Å². The smallest absolute Gasteiger partial charge is 0.278 e. The van der Waals surface area contributed by atoms with Crippen molar-refractivity contribution in [3.8, 4) is 0 Å². The predicted octanol–water partition coefficient (Wildman–Crippen LogP) is -0.296. The van der Waals surface area contributed by atoms with Gasteiger partial charge in [0, 0.05) is 16.6 Å². The first-order valence-corrected chi connectivity index (χ1v) is 11.3. The summed E-state index contributed by atoms with van der Waals surface area (Å²) in [6.45, 7) is 0.160. The lowest BCUT2D eigenvalue weighted by molar-refractivity contribution is -0.240. The highest BCUT2D eigenvalue weighted by molar-refractivity contribution is 7.99. The maximum Gasteiger partial charge on any atom is 0.278 e. The Morgan fingerprint density at radius 1 is 1.19 bits per heavy atom. The molecule has 0 radical (unpaired) electrons. The summed E-state index contributed by atoms with van der Waals surface area (Å²) in [4.78, 5) is 26.7. The Balaban J connectivity index is 1.55. The van der Waals surface area contributed by atoms with Crippen molar-refractivity contribution in [2.45, 2.75) is 41.4 Å². The van der Waals surface area contributed by atoms with Crippen molar-refractivity contribution in [2.24, 2.45) is 5.92 Å². The molecule has 10 heteroatoms. The van der Waals surface area contributed by atoms with Gasteiger partial charge in [0.2, 0.25) is 5.72 Å². The minimum absolute atomic E-state index is 0.0719. The largest absolute Gasteiger partial charge is 0.393 e. The van der Waals surface area contributed by atoms with Gasteiger partial charge in [-0.05, 0) is 36.2 Å². The van der Waals surface area contributed by atoms with E-state index in [4.69, 9.17) is 4.74 Å². The van der Waals surface area contributed by atoms with Gasteiger partial charge in [-0.2, -0.15) is 0 Å². The number of carbonyl (C=O) groups is 2. The average Bonchev–Trinajstić information content (AvgIpc) is 2.77. The van der Waals surface area contributed by atoms with E-state index < -0.39 is 47.5 Å². The number of hydrogen-bond donors (Lipinski definition) is 6. The molecule has 9 nitrogen and oxygen atoms in total. The van der Waals surface area contributed by atoms with Crippen LogP contribution in [0.3, 0.4) is 0 Å². The molecule has 2 amide bonds. The van der Waals surface area contributed by atoms with Crippen LogP contribution in [0.2, 0.25) is 0 Å². The first-order chi connectivity index (χ1) is 15.1. The third-order valence-corrected chi connectivity index (χ3v) is 7.30. The number of carbonyl (C=O) groups excluding carboxylic acids is 2. The van der Waals surface area contributed by atoms with Gasteiger partial charge in [-0.1, -0.05) is 30.3 Å². The number of thioether (sulfide) groups is 1. The number of benzene rings is 2. The van der Waals surface area contributed by atoms with Gasteiger partial charge in [-0.3, -0.25) is 9.59 Å². The van der Waals surface area contributed by atoms with Gasteiger partial charge in [0.1, 0.15) is 11.7 Å². The number of piperazine rings is 1. The highest BCUT2D eigenvalue weighted by Crippen LogP contribution is 2.36. The van der Waals surface area contributed by atoms with Crippen molar-refractivity contribution in [2.75, 3.05) is 19.0 Å². The topological polar surface area (TPSA) is 148 Å². The summed E-state index contributed by atoms with van der Waals surface area (Å²) in [5, 5.41) is 48.0. The minimum atomic E-state index is -2.33. The van der Waals surface area contributed by atoms with E-state index in [2.05, 4.69) is 10.6 Å². The number of aliphatic hydroxyl groups excluding tert-OH is 2. The number of ether oxygens (including phenoxy) is 1. The van der Waals surface area contributed by atoms with Crippen molar-refractivity contribution in [3.63, 3.8) is 0 Å². The fraction of sp³-hybridized carbons (Fsp3) is 0.455. The second-order valence-corrected chi connectivity index (χ2v) is 9.58. The van der Waals surface area contributed by atoms with E-state index in [-0.39, 0.29) is 13.0 Å². The molecule has 3 aliphatic rings. The number of fused-ring (bicyclic) bond motifs is 6. The summed E-state index contributed by atoms with van der Waals surface area (Å²) in [6.07, 6.45) is -1.77. The molecule has 3 fully saturated rings. The fourth-order valence-corrected chi connectivity index (χ4v) is 5.23. The molecule has 5 rings (SSSR count). The summed E-state index contributed by atoms with van der Waals surface area (Å²) in [5.74, 6) is -2.32. The van der Waals surface area contributed by atoms with Gasteiger partial charge in [0.25, 0.3) is 17.5 Å². The van der Waals surface area contributed by atoms with Crippen LogP contribution in [0.5, 0.6) is 0 Å². The number of amides is 2. The van der Waals surface area contributed by atoms with E-state index in [0.717, 1.165) is 22.6 Å². The van der Waals surface area contributed by atoms with Crippen molar-refractivity contribution in [1.82, 2.24) is 10.6 Å². The van der Waals surface area contributed by atoms with E-state index in [1.165, 1.54) is 11.8 Å². The summed E-state index contributed by atoms with van der Waals surface area (Å²) in [6, 6.07) is 13.9. The Bertz CT molecular complexity index is 1050. The molecule has 2 aromatic carbocycles. The molecule has 0 spiro atoms. The average molecular weight is 463 g/mol. The quantitative estimate of drug-likeness (QED) is 0.321. The van der Waals surface area contributed by atoms with Crippen LogP contribution in [-0.2, 0) is 14.3 Å². The summed E-state index contributed by atoms with van der Waals surface area (Å²) in [5.41, 5.74) is -6.67. The molecular weight excluding hydrogens is 436 g/mol. The molecule has 5 atom stereocenters. The van der Waals surface area contributed by atoms with E-state index in [1.807, 2.05) is 42.5 Å². The van der Waals surface area contributed by atoms with Crippen molar-refractivity contribution in [1.29, 1.82) is 0 Å². The van der Waals surface area contributed by atoms with E-state index >= 15 is 0 Å². The molecule has 0 aliphatic carbocycles. The molecule has 1 unspecified atom stereocenters. The zero-order chi connectivity index (χ0) is 23.1. The van der Waals surface area contributed by atoms with Gasteiger partial charge in [0.05, 0.1) is 13.2 Å². The summed E-state index contributed by atoms with van der Waals surface area (Å²) >= 11 is 1.44. The minimum Gasteiger partial charge on any atom is -0.393 e. The van der Waals surface area contributed by atoms with Gasteiger partial charge in [0.15, 0.2) is 0 Å². The van der Waals surface area contributed by atoms with E-state index in [1.54, 1.807) is 0 Å². The third kappa shape index (κ3) is 3.76. The van der Waals surface area contributed by atoms with Gasteiger partial charge >= 0.3 is 0 Å². The third-order valence-electron chi connectivity index (χ3n) is 6.14. The van der Waals surface area contributed by atoms with E-state index in [0.29, 0.717) is 5.75 Å². The van der Waals surface area contributed by atoms with Crippen LogP contribution in [0.1, 0.15) is 13.3 Å². The standard InChI is InChI=1S/C22H26N2O7S/c1-20(29,12-25)17(26)22-19(28)23-21(30,18(27)24-22)15(8-9-31-22)11-32-16-7-6-13-4-2-3-5-14(13)10-16/h2-7,10,15,17,25-26,29-30H,8-9,11-12H2,1H3,(H,23,28)(H,24,27)/t15?,17-,20+,21+,22-/m0/s1. The fourth-order valence-electron chi connectivity index (χ4n) is 4.06. The van der Waals surface area contributed by atoms with Crippen LogP contribution >= 0.6 is 11.8 Å². The first-order valence-electron chi connectivity index (χ1n) is 10.3. The second kappa shape index (κ2) is 8.29. The van der Waals surface area contributed by atoms with Crippen LogP contribution in [0.15, 0.2) is 47.4 Å². The second-order valence-electron chi connectivity index (χ2n) is 8.48. The van der Waals surface area contributed by atoms with Crippen LogP contribution in [-0.4, -0.2) is 74.4 Å². The van der Waals surface area contributed by atoms with Crippen molar-refractivity contribution >= 4 is 34.3 Å². The molecule has 3 heterocycles. The molecule has 172 valence electrons. The number of rotatable bonds is 6. The van der Waals surface area contributed by atoms with Crippen molar-refractivity contribution < 1.29 is 34.8 Å². The van der Waals surface area contributed by atoms with Crippen molar-refractivity contribution in [3.05, 3.63) is 42.5 Å². The maximum absolute atomic E-state index is 12.9. The lowest BCUT2D eigenvalue weighted by Crippen LogP contribution is -2.83. The van der Waals surface area contributed by atoms with Gasteiger partial charge < -0.3 is 35.8 Å². The molecule has 3 aliphatic heterocycles. The number of hydrogen-bond acceptors (Lipinski definition) is 8. The zero-order valence-electron chi connectivity index (χ0n) is 17.4. The lowest BCUT2D eigenvalue weighted by Gasteiger charge is -2.51. The van der Waals surface area contributed by atoms with Crippen LogP contribution in [0.25, 0.3) is 10.8 Å². The Morgan fingerprint density at radius 3 is 2.62 bits per heavy atom. The van der Waals surface area contributed by atoms with Crippen LogP contribution in [0.4, 0.5) is 0 Å². The molecule has 0 aromatic heterocycles. The zero-order valence-corrected chi connectivity index (χ0v) is 18.3. The van der Waals surface area contributed by atoms with Gasteiger partial charge in [-0.15, -0.1) is 11.8 Å². The Morgan fingerprint density at radius 2 is 1.91 bits per heavy atom. The lowest BCUT2D eigenvalue weighted by atomic mass is 9.83. The Kier molecular flexibility index (Phi) is 5.95. The summed E-state index contributed by atoms with van der Waals surface area (Å²) in [7, 11) is 0. The Hall–Kier alpha value is -2.21. The molecule has 2 bridgehead atoms. The maximum atomic E-state index is 12.9. The van der Waals surface area contributed by atoms with Gasteiger partial charge in [-0.25, -0.2) is 0 Å². The van der Waals surface area contributed by atoms with Crippen LogP contribution in [0, 0.1) is 5.92 Å².